The molecule has 2 aromatic carbocycles. The molecular weight excluding hydrogens is 387 g/mol. The Bertz CT molecular complexity index is 939. The molecule has 5 heteroatoms. The lowest BCUT2D eigenvalue weighted by molar-refractivity contribution is 0.0649. The van der Waals surface area contributed by atoms with Crippen LogP contribution in [0.3, 0.4) is 0 Å². The zero-order valence-electron chi connectivity index (χ0n) is 18.3. The van der Waals surface area contributed by atoms with Gasteiger partial charge in [0.15, 0.2) is 0 Å². The van der Waals surface area contributed by atoms with E-state index < -0.39 is 0 Å². The van der Waals surface area contributed by atoms with Gasteiger partial charge in [0.25, 0.3) is 0 Å². The predicted molar refractivity (Wildman–Crippen MR) is 124 cm³/mol. The minimum Gasteiger partial charge on any atom is -0.384 e. The summed E-state index contributed by atoms with van der Waals surface area (Å²) in [5.41, 5.74) is 5.51. The first-order valence-electron chi connectivity index (χ1n) is 12.1. The molecule has 2 atom stereocenters. The van der Waals surface area contributed by atoms with Crippen LogP contribution < -0.4 is 5.32 Å². The highest BCUT2D eigenvalue weighted by atomic mass is 19.1. The minimum atomic E-state index is -0.280. The van der Waals surface area contributed by atoms with Crippen LogP contribution in [0.1, 0.15) is 56.1 Å². The van der Waals surface area contributed by atoms with Gasteiger partial charge in [0.05, 0.1) is 11.4 Å². The molecule has 0 spiro atoms. The first kappa shape index (κ1) is 20.6. The summed E-state index contributed by atoms with van der Waals surface area (Å²) in [5, 5.41) is 12.6. The summed E-state index contributed by atoms with van der Waals surface area (Å²) in [5.74, 6) is 0.470. The van der Waals surface area contributed by atoms with Crippen molar-refractivity contribution in [1.82, 2.24) is 4.90 Å². The van der Waals surface area contributed by atoms with Crippen LogP contribution in [0.25, 0.3) is 0 Å². The Hall–Kier alpha value is -2.27. The van der Waals surface area contributed by atoms with Crippen molar-refractivity contribution in [1.29, 1.82) is 0 Å². The molecule has 31 heavy (non-hydrogen) atoms. The monoisotopic (exact) mass is 420 g/mol. The minimum absolute atomic E-state index is 0.280. The van der Waals surface area contributed by atoms with Crippen molar-refractivity contribution in [2.75, 3.05) is 25.0 Å². The number of benzene rings is 2. The van der Waals surface area contributed by atoms with Crippen molar-refractivity contribution in [3.63, 3.8) is 0 Å². The first-order chi connectivity index (χ1) is 15.3. The van der Waals surface area contributed by atoms with Crippen molar-refractivity contribution < 1.29 is 4.39 Å². The Morgan fingerprint density at radius 3 is 2.68 bits per heavy atom. The number of hydrogen-bond acceptors (Lipinski definition) is 4. The highest BCUT2D eigenvalue weighted by Crippen LogP contribution is 2.37. The number of nitrogens with one attached hydrogen (secondary N) is 1. The van der Waals surface area contributed by atoms with Crippen molar-refractivity contribution in [3.8, 4) is 0 Å². The Kier molecular flexibility index (Phi) is 6.30. The third kappa shape index (κ3) is 4.67. The van der Waals surface area contributed by atoms with Gasteiger partial charge in [-0.15, -0.1) is 0 Å². The molecule has 2 heterocycles. The van der Waals surface area contributed by atoms with Crippen LogP contribution in [0.4, 0.5) is 21.5 Å². The molecule has 1 aliphatic carbocycles. The predicted octanol–water partition coefficient (Wildman–Crippen LogP) is 6.80. The molecule has 3 aliphatic rings. The molecular formula is C26H33FN4. The van der Waals surface area contributed by atoms with E-state index >= 15 is 0 Å². The van der Waals surface area contributed by atoms with E-state index in [2.05, 4.69) is 32.6 Å². The summed E-state index contributed by atoms with van der Waals surface area (Å²) in [6.45, 7) is 3.65. The lowest BCUT2D eigenvalue weighted by Crippen LogP contribution is -2.49. The Morgan fingerprint density at radius 2 is 1.77 bits per heavy atom. The third-order valence-electron chi connectivity index (χ3n) is 7.37. The van der Waals surface area contributed by atoms with Crippen LogP contribution in [-0.4, -0.2) is 30.6 Å². The maximum absolute atomic E-state index is 13.4. The topological polar surface area (TPSA) is 40.0 Å². The number of nitrogens with zero attached hydrogens (tertiary/aromatic N) is 3. The number of anilines is 1. The van der Waals surface area contributed by atoms with Gasteiger partial charge in [-0.05, 0) is 106 Å². The fraction of sp³-hybridized carbons (Fsp3) is 0.538. The zero-order valence-corrected chi connectivity index (χ0v) is 18.3. The standard InChI is InChI=1S/C26H33FN4/c27-20-8-5-9-21(17-20)29-30-25-14-13-24(22-10-1-2-11-23(22)25)28-18-19-7-6-16-31-15-4-3-12-26(19)31/h5,8-9,13-14,17,19,26,28H,1-4,6-7,10-12,15-16,18H2. The van der Waals surface area contributed by atoms with Gasteiger partial charge >= 0.3 is 0 Å². The van der Waals surface area contributed by atoms with Gasteiger partial charge in [-0.2, -0.15) is 10.2 Å². The molecule has 0 bridgehead atoms. The maximum atomic E-state index is 13.4. The molecule has 5 rings (SSSR count). The number of rotatable bonds is 5. The number of halogens is 1. The number of azo groups is 1. The van der Waals surface area contributed by atoms with Crippen molar-refractivity contribution in [3.05, 3.63) is 53.3 Å². The summed E-state index contributed by atoms with van der Waals surface area (Å²) < 4.78 is 13.4. The summed E-state index contributed by atoms with van der Waals surface area (Å²) in [7, 11) is 0. The highest BCUT2D eigenvalue weighted by Gasteiger charge is 2.32. The van der Waals surface area contributed by atoms with Crippen molar-refractivity contribution >= 4 is 17.1 Å². The van der Waals surface area contributed by atoms with E-state index in [1.54, 1.807) is 12.1 Å². The molecule has 164 valence electrons. The summed E-state index contributed by atoms with van der Waals surface area (Å²) >= 11 is 0. The Morgan fingerprint density at radius 1 is 0.903 bits per heavy atom. The van der Waals surface area contributed by atoms with Crippen LogP contribution >= 0.6 is 0 Å². The molecule has 0 amide bonds. The molecule has 0 radical (unpaired) electrons. The van der Waals surface area contributed by atoms with E-state index in [4.69, 9.17) is 0 Å². The number of fused-ring (bicyclic) bond motifs is 2. The average Bonchev–Trinajstić information content (AvgIpc) is 2.82. The SMILES string of the molecule is Fc1cccc(N=Nc2ccc(NCC3CCCN4CCCCC34)c3c2CCCC3)c1. The maximum Gasteiger partial charge on any atom is 0.125 e. The molecule has 2 unspecified atom stereocenters. The molecule has 2 fully saturated rings. The second kappa shape index (κ2) is 9.47. The van der Waals surface area contributed by atoms with Crippen molar-refractivity contribution in [2.45, 2.75) is 63.8 Å². The first-order valence-corrected chi connectivity index (χ1v) is 12.1. The van der Waals surface area contributed by atoms with Crippen molar-refractivity contribution in [2.24, 2.45) is 16.1 Å². The number of piperidine rings is 2. The second-order valence-corrected chi connectivity index (χ2v) is 9.36. The van der Waals surface area contributed by atoms with Crippen LogP contribution in [0.5, 0.6) is 0 Å². The molecule has 0 saturated carbocycles. The molecule has 2 saturated heterocycles. The largest absolute Gasteiger partial charge is 0.384 e. The van der Waals surface area contributed by atoms with Gasteiger partial charge in [0.2, 0.25) is 0 Å². The smallest absolute Gasteiger partial charge is 0.125 e. The van der Waals surface area contributed by atoms with Gasteiger partial charge in [-0.3, -0.25) is 0 Å². The van der Waals surface area contributed by atoms with Gasteiger partial charge < -0.3 is 10.2 Å². The summed E-state index contributed by atoms with van der Waals surface area (Å²) in [4.78, 5) is 2.74. The normalized spacial score (nSPS) is 24.0. The van der Waals surface area contributed by atoms with E-state index in [0.717, 1.165) is 37.0 Å². The summed E-state index contributed by atoms with van der Waals surface area (Å²) in [6, 6.07) is 11.3. The number of hydrogen-bond donors (Lipinski definition) is 1. The fourth-order valence-electron chi connectivity index (χ4n) is 5.81. The van der Waals surface area contributed by atoms with E-state index in [9.17, 15) is 4.39 Å². The second-order valence-electron chi connectivity index (χ2n) is 9.36. The van der Waals surface area contributed by atoms with Crippen LogP contribution in [0, 0.1) is 11.7 Å². The highest BCUT2D eigenvalue weighted by molar-refractivity contribution is 5.64. The van der Waals surface area contributed by atoms with Gasteiger partial charge in [-0.25, -0.2) is 4.39 Å². The average molecular weight is 421 g/mol. The summed E-state index contributed by atoms with van der Waals surface area (Å²) in [6.07, 6.45) is 11.4. The lowest BCUT2D eigenvalue weighted by Gasteiger charge is -2.44. The molecule has 2 aliphatic heterocycles. The molecule has 1 N–H and O–H groups in total. The molecule has 0 aromatic heterocycles. The Balaban J connectivity index is 1.33. The zero-order chi connectivity index (χ0) is 21.0. The van der Waals surface area contributed by atoms with Crippen LogP contribution in [-0.2, 0) is 12.8 Å². The third-order valence-corrected chi connectivity index (χ3v) is 7.37. The van der Waals surface area contributed by atoms with Gasteiger partial charge in [0, 0.05) is 24.3 Å². The van der Waals surface area contributed by atoms with Crippen LogP contribution in [0.2, 0.25) is 0 Å². The lowest BCUT2D eigenvalue weighted by atomic mass is 9.83. The molecule has 4 nitrogen and oxygen atoms in total. The van der Waals surface area contributed by atoms with Crippen LogP contribution in [0.15, 0.2) is 46.6 Å². The Labute approximate surface area is 185 Å². The van der Waals surface area contributed by atoms with Gasteiger partial charge in [0.1, 0.15) is 5.82 Å². The van der Waals surface area contributed by atoms with E-state index in [1.807, 2.05) is 0 Å². The quantitative estimate of drug-likeness (QED) is 0.541. The van der Waals surface area contributed by atoms with E-state index in [-0.39, 0.29) is 5.82 Å². The van der Waals surface area contributed by atoms with Gasteiger partial charge in [-0.1, -0.05) is 12.5 Å². The van der Waals surface area contributed by atoms with E-state index in [1.165, 1.54) is 87.0 Å². The van der Waals surface area contributed by atoms with E-state index in [0.29, 0.717) is 5.69 Å². The fourth-order valence-corrected chi connectivity index (χ4v) is 5.81. The molecule has 2 aromatic rings.